The summed E-state index contributed by atoms with van der Waals surface area (Å²) in [5.74, 6) is 0.647. The number of phenols is 1. The molecule has 6 aromatic rings. The standard InChI is InChI=1S/C43H36O11/c1-43(2,31-9-14-34(15-10-31)52-36-20-22-38(23-21-36)54-50-27-29-6-4-3-5-28(29)26-49-48)30-7-12-33(13-8-30)51-35-16-18-37(19-17-35)53-42(47)39-24-11-32(44)25-40(39)41(45)46/h3-25,44,48H,26-27H2,1-2H3,(H,45,46). The van der Waals surface area contributed by atoms with Crippen LogP contribution in [0.3, 0.4) is 0 Å². The molecule has 3 N–H and O–H groups in total. The topological polar surface area (TPSA) is 150 Å². The van der Waals surface area contributed by atoms with E-state index >= 15 is 0 Å². The van der Waals surface area contributed by atoms with Crippen molar-refractivity contribution in [2.75, 3.05) is 0 Å². The van der Waals surface area contributed by atoms with Crippen LogP contribution in [-0.4, -0.2) is 27.4 Å². The maximum atomic E-state index is 12.6. The van der Waals surface area contributed by atoms with Crippen molar-refractivity contribution < 1.29 is 53.9 Å². The van der Waals surface area contributed by atoms with E-state index in [-0.39, 0.29) is 41.3 Å². The van der Waals surface area contributed by atoms with Crippen molar-refractivity contribution in [2.24, 2.45) is 0 Å². The van der Waals surface area contributed by atoms with E-state index in [9.17, 15) is 19.8 Å². The van der Waals surface area contributed by atoms with Crippen LogP contribution < -0.4 is 19.1 Å². The number of hydrogen-bond acceptors (Lipinski definition) is 10. The average Bonchev–Trinajstić information content (AvgIpc) is 3.17. The fourth-order valence-electron chi connectivity index (χ4n) is 5.58. The zero-order valence-electron chi connectivity index (χ0n) is 29.3. The summed E-state index contributed by atoms with van der Waals surface area (Å²) < 4.78 is 17.4. The number of carbonyl (C=O) groups excluding carboxylic acids is 1. The van der Waals surface area contributed by atoms with Gasteiger partial charge in [-0.3, -0.25) is 5.26 Å². The van der Waals surface area contributed by atoms with Gasteiger partial charge in [-0.25, -0.2) is 14.5 Å². The summed E-state index contributed by atoms with van der Waals surface area (Å²) in [6.07, 6.45) is 0. The Bertz CT molecular complexity index is 2190. The van der Waals surface area contributed by atoms with E-state index in [1.165, 1.54) is 12.1 Å². The highest BCUT2D eigenvalue weighted by Gasteiger charge is 2.23. The van der Waals surface area contributed by atoms with Gasteiger partial charge in [-0.2, -0.15) is 4.89 Å². The molecular weight excluding hydrogens is 692 g/mol. The predicted molar refractivity (Wildman–Crippen MR) is 197 cm³/mol. The molecule has 6 rings (SSSR count). The van der Waals surface area contributed by atoms with Crippen LogP contribution in [0.4, 0.5) is 0 Å². The van der Waals surface area contributed by atoms with Crippen LogP contribution >= 0.6 is 0 Å². The van der Waals surface area contributed by atoms with Crippen molar-refractivity contribution >= 4 is 11.9 Å². The number of ether oxygens (including phenoxy) is 3. The number of aromatic carboxylic acids is 1. The maximum absolute atomic E-state index is 12.6. The van der Waals surface area contributed by atoms with Gasteiger partial charge < -0.3 is 29.3 Å². The van der Waals surface area contributed by atoms with E-state index in [0.717, 1.165) is 28.3 Å². The van der Waals surface area contributed by atoms with Crippen molar-refractivity contribution in [3.05, 3.63) is 173 Å². The van der Waals surface area contributed by atoms with Crippen LogP contribution in [-0.2, 0) is 28.4 Å². The Morgan fingerprint density at radius 3 is 1.54 bits per heavy atom. The number of hydrogen-bond donors (Lipinski definition) is 3. The number of carbonyl (C=O) groups is 2. The zero-order valence-corrected chi connectivity index (χ0v) is 29.3. The summed E-state index contributed by atoms with van der Waals surface area (Å²) in [5, 5.41) is 27.7. The van der Waals surface area contributed by atoms with Gasteiger partial charge in [0.05, 0.1) is 11.1 Å². The molecule has 0 radical (unpaired) electrons. The Hall–Kier alpha value is -6.66. The first kappa shape index (κ1) is 37.1. The van der Waals surface area contributed by atoms with Crippen LogP contribution in [0.5, 0.6) is 40.2 Å². The Morgan fingerprint density at radius 2 is 1.04 bits per heavy atom. The lowest BCUT2D eigenvalue weighted by molar-refractivity contribution is -0.253. The zero-order chi connectivity index (χ0) is 38.1. The Labute approximate surface area is 311 Å². The van der Waals surface area contributed by atoms with E-state index in [1.807, 2.05) is 72.8 Å². The molecule has 0 amide bonds. The molecule has 0 spiro atoms. The summed E-state index contributed by atoms with van der Waals surface area (Å²) in [4.78, 5) is 39.1. The van der Waals surface area contributed by atoms with Gasteiger partial charge in [0, 0.05) is 5.41 Å². The van der Waals surface area contributed by atoms with Gasteiger partial charge in [0.25, 0.3) is 0 Å². The summed E-state index contributed by atoms with van der Waals surface area (Å²) in [5.41, 5.74) is 2.92. The molecule has 0 aliphatic heterocycles. The molecule has 0 atom stereocenters. The van der Waals surface area contributed by atoms with E-state index in [1.54, 1.807) is 48.5 Å². The molecule has 54 heavy (non-hydrogen) atoms. The number of phenolic OH excluding ortho intramolecular Hbond substituents is 1. The monoisotopic (exact) mass is 728 g/mol. The molecular formula is C43H36O11. The minimum absolute atomic E-state index is 0.0581. The van der Waals surface area contributed by atoms with E-state index < -0.39 is 11.9 Å². The highest BCUT2D eigenvalue weighted by molar-refractivity contribution is 6.03. The second kappa shape index (κ2) is 16.8. The Balaban J connectivity index is 1.00. The van der Waals surface area contributed by atoms with Crippen molar-refractivity contribution in [2.45, 2.75) is 32.5 Å². The van der Waals surface area contributed by atoms with Crippen molar-refractivity contribution in [1.82, 2.24) is 0 Å². The van der Waals surface area contributed by atoms with Gasteiger partial charge in [-0.15, -0.1) is 0 Å². The molecule has 0 saturated carbocycles. The third-order valence-electron chi connectivity index (χ3n) is 8.64. The fourth-order valence-corrected chi connectivity index (χ4v) is 5.58. The smallest absolute Gasteiger partial charge is 0.344 e. The lowest BCUT2D eigenvalue weighted by Crippen LogP contribution is -2.18. The van der Waals surface area contributed by atoms with Crippen molar-refractivity contribution in [1.29, 1.82) is 0 Å². The number of benzene rings is 6. The summed E-state index contributed by atoms with van der Waals surface area (Å²) in [6, 6.07) is 39.9. The van der Waals surface area contributed by atoms with E-state index in [4.69, 9.17) is 29.2 Å². The van der Waals surface area contributed by atoms with E-state index in [0.29, 0.717) is 28.7 Å². The normalized spacial score (nSPS) is 11.1. The van der Waals surface area contributed by atoms with Gasteiger partial charge in [0.15, 0.2) is 5.75 Å². The van der Waals surface area contributed by atoms with Crippen LogP contribution in [0.2, 0.25) is 0 Å². The van der Waals surface area contributed by atoms with Gasteiger partial charge in [0.1, 0.15) is 47.7 Å². The SMILES string of the molecule is CC(C)(c1ccc(Oc2ccc(OOCc3ccccc3COO)cc2)cc1)c1ccc(Oc2ccc(OC(=O)c3ccc(O)cc3C(=O)O)cc2)cc1. The Kier molecular flexibility index (Phi) is 11.5. The minimum Gasteiger partial charge on any atom is -0.508 e. The maximum Gasteiger partial charge on any atom is 0.344 e. The molecule has 0 heterocycles. The molecule has 0 bridgehead atoms. The summed E-state index contributed by atoms with van der Waals surface area (Å²) in [7, 11) is 0. The van der Waals surface area contributed by atoms with Crippen LogP contribution in [0, 0.1) is 0 Å². The van der Waals surface area contributed by atoms with Gasteiger partial charge >= 0.3 is 11.9 Å². The lowest BCUT2D eigenvalue weighted by Gasteiger charge is -2.26. The lowest BCUT2D eigenvalue weighted by atomic mass is 9.78. The number of esters is 1. The quantitative estimate of drug-likeness (QED) is 0.0401. The first-order valence-corrected chi connectivity index (χ1v) is 16.8. The molecule has 0 saturated heterocycles. The molecule has 0 aliphatic carbocycles. The predicted octanol–water partition coefficient (Wildman–Crippen LogP) is 9.72. The van der Waals surface area contributed by atoms with Crippen molar-refractivity contribution in [3.63, 3.8) is 0 Å². The number of carboxylic acid groups (broad SMARTS) is 1. The van der Waals surface area contributed by atoms with Crippen LogP contribution in [0.25, 0.3) is 0 Å². The molecule has 6 aromatic carbocycles. The molecule has 0 fully saturated rings. The average molecular weight is 729 g/mol. The minimum atomic E-state index is -1.36. The fraction of sp³-hybridized carbons (Fsp3) is 0.116. The third kappa shape index (κ3) is 9.22. The second-order valence-electron chi connectivity index (χ2n) is 12.6. The molecule has 0 aromatic heterocycles. The third-order valence-corrected chi connectivity index (χ3v) is 8.64. The highest BCUT2D eigenvalue weighted by Crippen LogP contribution is 2.35. The molecule has 0 unspecified atom stereocenters. The van der Waals surface area contributed by atoms with Gasteiger partial charge in [0.2, 0.25) is 0 Å². The van der Waals surface area contributed by atoms with Crippen LogP contribution in [0.15, 0.2) is 140 Å². The molecule has 11 nitrogen and oxygen atoms in total. The van der Waals surface area contributed by atoms with E-state index in [2.05, 4.69) is 18.7 Å². The van der Waals surface area contributed by atoms with Crippen LogP contribution in [0.1, 0.15) is 56.8 Å². The first-order valence-electron chi connectivity index (χ1n) is 16.8. The highest BCUT2D eigenvalue weighted by atomic mass is 17.2. The van der Waals surface area contributed by atoms with Crippen molar-refractivity contribution in [3.8, 4) is 40.2 Å². The molecule has 274 valence electrons. The molecule has 0 aliphatic rings. The number of aromatic hydroxyl groups is 1. The largest absolute Gasteiger partial charge is 0.508 e. The summed E-state index contributed by atoms with van der Waals surface area (Å²) >= 11 is 0. The Morgan fingerprint density at radius 1 is 0.574 bits per heavy atom. The number of carboxylic acids is 1. The summed E-state index contributed by atoms with van der Waals surface area (Å²) in [6.45, 7) is 4.51. The van der Waals surface area contributed by atoms with Gasteiger partial charge in [-0.05, 0) is 113 Å². The number of rotatable bonds is 15. The molecule has 11 heteroatoms. The van der Waals surface area contributed by atoms with Gasteiger partial charge in [-0.1, -0.05) is 62.4 Å². The first-order chi connectivity index (χ1) is 26.1. The second-order valence-corrected chi connectivity index (χ2v) is 12.6.